The Balaban J connectivity index is 1.51. The average molecular weight is 518 g/mol. The Morgan fingerprint density at radius 3 is 2.37 bits per heavy atom. The highest BCUT2D eigenvalue weighted by Crippen LogP contribution is 2.30. The van der Waals surface area contributed by atoms with Crippen molar-refractivity contribution < 1.29 is 8.78 Å². The molecule has 2 N–H and O–H groups in total. The minimum absolute atomic E-state index is 0.0106. The molecule has 5 rings (SSSR count). The number of para-hydroxylation sites is 1. The van der Waals surface area contributed by atoms with Crippen LogP contribution in [0.1, 0.15) is 12.1 Å². The topological polar surface area (TPSA) is 88.0 Å². The summed E-state index contributed by atoms with van der Waals surface area (Å²) < 4.78 is 28.7. The van der Waals surface area contributed by atoms with E-state index in [2.05, 4.69) is 30.6 Å². The van der Waals surface area contributed by atoms with Crippen molar-refractivity contribution in [2.45, 2.75) is 6.43 Å². The maximum absolute atomic E-state index is 14.0. The second-order valence-corrected chi connectivity index (χ2v) is 8.65. The van der Waals surface area contributed by atoms with E-state index in [0.29, 0.717) is 5.69 Å². The molecular formula is C23H19Cl2F2N7O. The highest BCUT2D eigenvalue weighted by molar-refractivity contribution is 6.37. The zero-order valence-corrected chi connectivity index (χ0v) is 19.7. The van der Waals surface area contributed by atoms with Gasteiger partial charge in [-0.15, -0.1) is 0 Å². The fourth-order valence-electron chi connectivity index (χ4n) is 3.91. The van der Waals surface area contributed by atoms with Crippen molar-refractivity contribution >= 4 is 51.4 Å². The predicted octanol–water partition coefficient (Wildman–Crippen LogP) is 4.57. The van der Waals surface area contributed by atoms with Gasteiger partial charge in [-0.3, -0.25) is 4.79 Å². The normalized spacial score (nSPS) is 14.0. The Bertz CT molecular complexity index is 1420. The summed E-state index contributed by atoms with van der Waals surface area (Å²) in [4.78, 5) is 23.7. The van der Waals surface area contributed by atoms with Gasteiger partial charge in [-0.05, 0) is 36.4 Å². The molecule has 0 unspecified atom stereocenters. The van der Waals surface area contributed by atoms with E-state index in [1.807, 2.05) is 24.3 Å². The zero-order chi connectivity index (χ0) is 24.5. The number of fused-ring (bicyclic) bond motifs is 1. The summed E-state index contributed by atoms with van der Waals surface area (Å²) in [6.07, 6.45) is -1.82. The molecule has 3 heterocycles. The molecule has 0 amide bonds. The first-order valence-corrected chi connectivity index (χ1v) is 11.5. The van der Waals surface area contributed by atoms with Crippen LogP contribution in [-0.2, 0) is 0 Å². The van der Waals surface area contributed by atoms with E-state index >= 15 is 0 Å². The molecule has 1 saturated heterocycles. The molecule has 1 aliphatic heterocycles. The Labute approximate surface area is 208 Å². The summed E-state index contributed by atoms with van der Waals surface area (Å²) in [5.41, 5.74) is 0.114. The van der Waals surface area contributed by atoms with Gasteiger partial charge >= 0.3 is 0 Å². The van der Waals surface area contributed by atoms with Gasteiger partial charge in [-0.1, -0.05) is 29.3 Å². The van der Waals surface area contributed by atoms with E-state index in [0.717, 1.165) is 36.5 Å². The van der Waals surface area contributed by atoms with E-state index in [4.69, 9.17) is 23.2 Å². The maximum atomic E-state index is 14.0. The third-order valence-electron chi connectivity index (χ3n) is 5.62. The number of aromatic nitrogens is 4. The van der Waals surface area contributed by atoms with Crippen LogP contribution in [0.4, 0.5) is 26.1 Å². The molecule has 35 heavy (non-hydrogen) atoms. The molecule has 2 aromatic carbocycles. The minimum Gasteiger partial charge on any atom is -0.369 e. The molecule has 2 aromatic heterocycles. The number of alkyl halides is 2. The number of nitrogens with zero attached hydrogens (tertiary/aromatic N) is 5. The highest BCUT2D eigenvalue weighted by Gasteiger charge is 2.23. The Kier molecular flexibility index (Phi) is 6.50. The molecule has 1 aliphatic rings. The van der Waals surface area contributed by atoms with Gasteiger partial charge in [0, 0.05) is 43.8 Å². The summed E-state index contributed by atoms with van der Waals surface area (Å²) in [5, 5.41) is 10.2. The fraction of sp³-hybridized carbons (Fsp3) is 0.217. The number of anilines is 3. The second-order valence-electron chi connectivity index (χ2n) is 7.84. The molecule has 0 spiro atoms. The van der Waals surface area contributed by atoms with Crippen LogP contribution in [0, 0.1) is 0 Å². The lowest BCUT2D eigenvalue weighted by atomic mass is 10.2. The Morgan fingerprint density at radius 2 is 1.71 bits per heavy atom. The Hall–Kier alpha value is -3.34. The molecule has 4 aromatic rings. The summed E-state index contributed by atoms with van der Waals surface area (Å²) in [6.45, 7) is 3.69. The maximum Gasteiger partial charge on any atom is 0.284 e. The van der Waals surface area contributed by atoms with Crippen LogP contribution < -0.4 is 21.1 Å². The van der Waals surface area contributed by atoms with Crippen molar-refractivity contribution in [1.82, 2.24) is 25.1 Å². The van der Waals surface area contributed by atoms with Crippen molar-refractivity contribution in [1.29, 1.82) is 0 Å². The van der Waals surface area contributed by atoms with Crippen LogP contribution in [0.2, 0.25) is 10.0 Å². The Morgan fingerprint density at radius 1 is 1.03 bits per heavy atom. The largest absolute Gasteiger partial charge is 0.369 e. The first-order valence-electron chi connectivity index (χ1n) is 10.8. The number of hydrogen-bond acceptors (Lipinski definition) is 7. The number of piperazine rings is 1. The van der Waals surface area contributed by atoms with Crippen LogP contribution in [0.3, 0.4) is 0 Å². The quantitative estimate of drug-likeness (QED) is 0.400. The van der Waals surface area contributed by atoms with E-state index in [-0.39, 0.29) is 32.6 Å². The lowest BCUT2D eigenvalue weighted by molar-refractivity contribution is 0.145. The highest BCUT2D eigenvalue weighted by atomic mass is 35.5. The van der Waals surface area contributed by atoms with Gasteiger partial charge in [-0.25, -0.2) is 18.7 Å². The SMILES string of the molecule is O=c1c2cnc(Nc3ccc(N4CCNCC4)cc3)nc2c(C(F)F)nn1-c1c(Cl)cccc1Cl. The first-order chi connectivity index (χ1) is 16.9. The van der Waals surface area contributed by atoms with Crippen molar-refractivity contribution in [2.75, 3.05) is 36.4 Å². The van der Waals surface area contributed by atoms with E-state index in [9.17, 15) is 13.6 Å². The van der Waals surface area contributed by atoms with Gasteiger partial charge in [0.2, 0.25) is 5.95 Å². The average Bonchev–Trinajstić information content (AvgIpc) is 2.86. The first kappa shape index (κ1) is 23.4. The molecule has 0 radical (unpaired) electrons. The number of benzene rings is 2. The summed E-state index contributed by atoms with van der Waals surface area (Å²) in [7, 11) is 0. The van der Waals surface area contributed by atoms with Crippen LogP contribution in [0.5, 0.6) is 0 Å². The lowest BCUT2D eigenvalue weighted by Crippen LogP contribution is -2.43. The molecule has 0 aliphatic carbocycles. The summed E-state index contributed by atoms with van der Waals surface area (Å²) in [5.74, 6) is 0.0593. The minimum atomic E-state index is -3.01. The van der Waals surface area contributed by atoms with Gasteiger partial charge in [0.15, 0.2) is 5.69 Å². The van der Waals surface area contributed by atoms with Gasteiger partial charge < -0.3 is 15.5 Å². The predicted molar refractivity (Wildman–Crippen MR) is 133 cm³/mol. The lowest BCUT2D eigenvalue weighted by Gasteiger charge is -2.29. The molecule has 1 fully saturated rings. The van der Waals surface area contributed by atoms with Crippen LogP contribution >= 0.6 is 23.2 Å². The van der Waals surface area contributed by atoms with Crippen molar-refractivity contribution in [3.8, 4) is 5.69 Å². The van der Waals surface area contributed by atoms with Crippen LogP contribution in [0.15, 0.2) is 53.5 Å². The van der Waals surface area contributed by atoms with Crippen molar-refractivity contribution in [3.05, 3.63) is 74.8 Å². The number of nitrogens with one attached hydrogen (secondary N) is 2. The smallest absolute Gasteiger partial charge is 0.284 e. The monoisotopic (exact) mass is 517 g/mol. The van der Waals surface area contributed by atoms with Crippen LogP contribution in [0.25, 0.3) is 16.6 Å². The molecule has 0 atom stereocenters. The second kappa shape index (κ2) is 9.73. The molecule has 0 saturated carbocycles. The number of hydrogen-bond donors (Lipinski definition) is 2. The fourth-order valence-corrected chi connectivity index (χ4v) is 4.46. The number of halogens is 4. The summed E-state index contributed by atoms with van der Waals surface area (Å²) >= 11 is 12.4. The molecule has 8 nitrogen and oxygen atoms in total. The van der Waals surface area contributed by atoms with Crippen molar-refractivity contribution in [3.63, 3.8) is 0 Å². The third-order valence-corrected chi connectivity index (χ3v) is 6.23. The van der Waals surface area contributed by atoms with E-state index in [1.165, 1.54) is 18.3 Å². The summed E-state index contributed by atoms with van der Waals surface area (Å²) in [6, 6.07) is 12.2. The molecular weight excluding hydrogens is 499 g/mol. The van der Waals surface area contributed by atoms with Gasteiger partial charge in [-0.2, -0.15) is 9.78 Å². The van der Waals surface area contributed by atoms with Crippen molar-refractivity contribution in [2.24, 2.45) is 0 Å². The molecule has 0 bridgehead atoms. The third kappa shape index (κ3) is 4.64. The van der Waals surface area contributed by atoms with Crippen LogP contribution in [-0.4, -0.2) is 45.9 Å². The molecule has 12 heteroatoms. The molecule has 180 valence electrons. The van der Waals surface area contributed by atoms with Gasteiger partial charge in [0.1, 0.15) is 11.2 Å². The standard InChI is InChI=1S/C23H19Cl2F2N7O/c24-16-2-1-3-17(25)20(16)34-22(35)15-12-29-23(31-18(15)19(32-34)21(26)27)30-13-4-6-14(7-5-13)33-10-8-28-9-11-33/h1-7,12,21,28H,8-11H2,(H,29,30,31). The van der Waals surface area contributed by atoms with Gasteiger partial charge in [0.25, 0.3) is 12.0 Å². The number of rotatable bonds is 5. The zero-order valence-electron chi connectivity index (χ0n) is 18.2. The van der Waals surface area contributed by atoms with E-state index < -0.39 is 17.7 Å². The van der Waals surface area contributed by atoms with E-state index in [1.54, 1.807) is 6.07 Å². The van der Waals surface area contributed by atoms with Gasteiger partial charge in [0.05, 0.1) is 15.4 Å².